The first-order valence-corrected chi connectivity index (χ1v) is 17.7. The minimum Gasteiger partial charge on any atom is -0.352 e. The molecule has 4 rings (SSSR count). The summed E-state index contributed by atoms with van der Waals surface area (Å²) >= 11 is 18.3. The van der Waals surface area contributed by atoms with Gasteiger partial charge in [0, 0.05) is 19.0 Å². The summed E-state index contributed by atoms with van der Waals surface area (Å²) in [5.41, 5.74) is -0.553. The van der Waals surface area contributed by atoms with Gasteiger partial charge in [0.1, 0.15) is 12.6 Å². The second-order valence-electron chi connectivity index (χ2n) is 11.3. The van der Waals surface area contributed by atoms with Crippen LogP contribution in [0.2, 0.25) is 15.1 Å². The van der Waals surface area contributed by atoms with Crippen LogP contribution in [-0.2, 0) is 38.8 Å². The van der Waals surface area contributed by atoms with Crippen molar-refractivity contribution in [3.8, 4) is 0 Å². The van der Waals surface area contributed by atoms with Crippen LogP contribution in [-0.4, -0.2) is 43.8 Å². The number of hydrogen-bond donors (Lipinski definition) is 1. The number of halogens is 6. The van der Waals surface area contributed by atoms with E-state index in [0.717, 1.165) is 12.1 Å². The molecule has 0 aliphatic heterocycles. The van der Waals surface area contributed by atoms with Crippen molar-refractivity contribution in [2.45, 2.75) is 56.4 Å². The molecule has 4 aromatic carbocycles. The summed E-state index contributed by atoms with van der Waals surface area (Å²) < 4.78 is 70.6. The normalized spacial score (nSPS) is 13.0. The molecule has 0 spiro atoms. The lowest BCUT2D eigenvalue weighted by molar-refractivity contribution is -0.140. The van der Waals surface area contributed by atoms with Crippen LogP contribution in [0.15, 0.2) is 102 Å². The zero-order valence-corrected chi connectivity index (χ0v) is 29.5. The topological polar surface area (TPSA) is 86.8 Å². The van der Waals surface area contributed by atoms with E-state index in [1.807, 2.05) is 6.92 Å². The van der Waals surface area contributed by atoms with Gasteiger partial charge in [-0.3, -0.25) is 13.9 Å². The van der Waals surface area contributed by atoms with Crippen molar-refractivity contribution in [1.82, 2.24) is 10.2 Å². The van der Waals surface area contributed by atoms with Crippen LogP contribution >= 0.6 is 34.8 Å². The quantitative estimate of drug-likeness (QED) is 0.149. The molecule has 0 radical (unpaired) electrons. The Morgan fingerprint density at radius 1 is 0.816 bits per heavy atom. The van der Waals surface area contributed by atoms with Gasteiger partial charge in [-0.2, -0.15) is 13.2 Å². The monoisotopic (exact) mass is 753 g/mol. The fraction of sp³-hybridized carbons (Fsp3) is 0.257. The Bertz CT molecular complexity index is 1880. The molecule has 0 bridgehead atoms. The number of nitrogens with zero attached hydrogens (tertiary/aromatic N) is 2. The molecule has 4 aromatic rings. The largest absolute Gasteiger partial charge is 0.417 e. The molecule has 1 N–H and O–H groups in total. The fourth-order valence-electron chi connectivity index (χ4n) is 4.96. The van der Waals surface area contributed by atoms with Gasteiger partial charge in [-0.15, -0.1) is 0 Å². The van der Waals surface area contributed by atoms with Crippen molar-refractivity contribution < 1.29 is 31.2 Å². The molecule has 0 saturated carbocycles. The predicted octanol–water partition coefficient (Wildman–Crippen LogP) is 8.42. The summed E-state index contributed by atoms with van der Waals surface area (Å²) in [5.74, 6) is -1.37. The minimum absolute atomic E-state index is 0.0424. The summed E-state index contributed by atoms with van der Waals surface area (Å²) in [5, 5.41) is 2.70. The van der Waals surface area contributed by atoms with Crippen molar-refractivity contribution in [1.29, 1.82) is 0 Å². The number of sulfonamides is 1. The van der Waals surface area contributed by atoms with Crippen LogP contribution in [0, 0.1) is 0 Å². The number of carbonyl (C=O) groups excluding carboxylic acids is 2. The molecule has 0 aromatic heterocycles. The van der Waals surface area contributed by atoms with Gasteiger partial charge in [0.25, 0.3) is 10.0 Å². The maximum absolute atomic E-state index is 14.5. The van der Waals surface area contributed by atoms with E-state index in [9.17, 15) is 31.2 Å². The van der Waals surface area contributed by atoms with Gasteiger partial charge in [0.05, 0.1) is 31.2 Å². The third kappa shape index (κ3) is 9.69. The van der Waals surface area contributed by atoms with Gasteiger partial charge in [-0.25, -0.2) is 8.42 Å². The van der Waals surface area contributed by atoms with Crippen molar-refractivity contribution >= 4 is 62.3 Å². The summed E-state index contributed by atoms with van der Waals surface area (Å²) in [4.78, 5) is 29.4. The molecule has 7 nitrogen and oxygen atoms in total. The Morgan fingerprint density at radius 3 is 2.02 bits per heavy atom. The van der Waals surface area contributed by atoms with E-state index in [2.05, 4.69) is 5.32 Å². The van der Waals surface area contributed by atoms with Gasteiger partial charge >= 0.3 is 6.18 Å². The molecule has 0 fully saturated rings. The molecule has 49 heavy (non-hydrogen) atoms. The first-order valence-electron chi connectivity index (χ1n) is 15.1. The van der Waals surface area contributed by atoms with E-state index in [1.54, 1.807) is 49.4 Å². The molecule has 2 atom stereocenters. The summed E-state index contributed by atoms with van der Waals surface area (Å²) in [6.45, 7) is 2.51. The summed E-state index contributed by atoms with van der Waals surface area (Å²) in [7, 11) is -4.63. The Hall–Kier alpha value is -3.77. The molecule has 260 valence electrons. The summed E-state index contributed by atoms with van der Waals surface area (Å²) in [6.07, 6.45) is -4.29. The zero-order valence-electron chi connectivity index (χ0n) is 26.4. The number of amides is 2. The Labute approximate surface area is 298 Å². The number of rotatable bonds is 13. The highest BCUT2D eigenvalue weighted by atomic mass is 35.5. The van der Waals surface area contributed by atoms with Crippen LogP contribution in [0.25, 0.3) is 0 Å². The van der Waals surface area contributed by atoms with Crippen molar-refractivity contribution in [2.24, 2.45) is 0 Å². The highest BCUT2D eigenvalue weighted by Gasteiger charge is 2.38. The van der Waals surface area contributed by atoms with E-state index in [4.69, 9.17) is 34.8 Å². The first kappa shape index (κ1) is 38.0. The van der Waals surface area contributed by atoms with Gasteiger partial charge in [0.2, 0.25) is 11.8 Å². The van der Waals surface area contributed by atoms with E-state index in [0.29, 0.717) is 27.9 Å². The highest BCUT2D eigenvalue weighted by Crippen LogP contribution is 2.38. The smallest absolute Gasteiger partial charge is 0.352 e. The number of carbonyl (C=O) groups is 2. The van der Waals surface area contributed by atoms with Crippen molar-refractivity contribution in [2.75, 3.05) is 10.8 Å². The van der Waals surface area contributed by atoms with Crippen molar-refractivity contribution in [3.05, 3.63) is 129 Å². The van der Waals surface area contributed by atoms with Crippen molar-refractivity contribution in [3.63, 3.8) is 0 Å². The highest BCUT2D eigenvalue weighted by molar-refractivity contribution is 7.92. The van der Waals surface area contributed by atoms with Crippen LogP contribution < -0.4 is 9.62 Å². The maximum atomic E-state index is 14.5. The van der Waals surface area contributed by atoms with Crippen LogP contribution in [0.1, 0.15) is 37.0 Å². The maximum Gasteiger partial charge on any atom is 0.417 e. The average Bonchev–Trinajstić information content (AvgIpc) is 3.07. The van der Waals surface area contributed by atoms with Crippen LogP contribution in [0.4, 0.5) is 18.9 Å². The summed E-state index contributed by atoms with van der Waals surface area (Å²) in [6, 6.07) is 21.7. The second-order valence-corrected chi connectivity index (χ2v) is 14.4. The van der Waals surface area contributed by atoms with E-state index < -0.39 is 56.9 Å². The fourth-order valence-corrected chi connectivity index (χ4v) is 6.94. The lowest BCUT2D eigenvalue weighted by Gasteiger charge is -2.34. The third-order valence-electron chi connectivity index (χ3n) is 7.76. The lowest BCUT2D eigenvalue weighted by Crippen LogP contribution is -2.54. The lowest BCUT2D eigenvalue weighted by atomic mass is 10.0. The molecule has 0 aliphatic rings. The number of anilines is 1. The standard InChI is InChI=1S/C35H33Cl3F3N3O4S/c1-3-23(2)42-34(46)32(19-24-10-6-4-7-11-24)43(21-25-14-16-30(37)31(38)18-25)33(45)22-44(49(47,48)27-12-8-5-9-13-27)26-15-17-29(36)28(20-26)35(39,40)41/h4-18,20,23,32H,3,19,21-22H2,1-2H3,(H,42,46)/t23-,32-/m1/s1. The number of alkyl halides is 3. The molecular formula is C35H33Cl3F3N3O4S. The van der Waals surface area contributed by atoms with Gasteiger partial charge < -0.3 is 10.2 Å². The average molecular weight is 755 g/mol. The number of benzene rings is 4. The van der Waals surface area contributed by atoms with Gasteiger partial charge in [-0.05, 0) is 66.9 Å². The molecular weight excluding hydrogens is 722 g/mol. The molecule has 14 heteroatoms. The first-order chi connectivity index (χ1) is 23.1. The molecule has 0 heterocycles. The van der Waals surface area contributed by atoms with E-state index in [1.165, 1.54) is 41.3 Å². The third-order valence-corrected chi connectivity index (χ3v) is 10.6. The SMILES string of the molecule is CC[C@@H](C)NC(=O)[C@@H](Cc1ccccc1)N(Cc1ccc(Cl)c(Cl)c1)C(=O)CN(c1ccc(Cl)c(C(F)(F)F)c1)S(=O)(=O)c1ccccc1. The molecule has 2 amide bonds. The van der Waals surface area contributed by atoms with E-state index >= 15 is 0 Å². The van der Waals surface area contributed by atoms with Crippen LogP contribution in [0.5, 0.6) is 0 Å². The van der Waals surface area contributed by atoms with Gasteiger partial charge in [-0.1, -0.05) is 96.3 Å². The van der Waals surface area contributed by atoms with Crippen LogP contribution in [0.3, 0.4) is 0 Å². The Kier molecular flexibility index (Phi) is 12.6. The number of nitrogens with one attached hydrogen (secondary N) is 1. The molecule has 0 unspecified atom stereocenters. The van der Waals surface area contributed by atoms with Gasteiger partial charge in [0.15, 0.2) is 0 Å². The predicted molar refractivity (Wildman–Crippen MR) is 186 cm³/mol. The Morgan fingerprint density at radius 2 is 1.43 bits per heavy atom. The second kappa shape index (κ2) is 16.3. The number of hydrogen-bond acceptors (Lipinski definition) is 4. The molecule has 0 aliphatic carbocycles. The minimum atomic E-state index is -4.92. The Balaban J connectivity index is 1.87. The zero-order chi connectivity index (χ0) is 35.9. The molecule has 0 saturated heterocycles. The van der Waals surface area contributed by atoms with E-state index in [-0.39, 0.29) is 33.9 Å².